The lowest BCUT2D eigenvalue weighted by molar-refractivity contribution is -0.0500. The predicted octanol–water partition coefficient (Wildman–Crippen LogP) is 3.22. The molecule has 12 heteroatoms. The molecule has 2 rings (SSSR count). The van der Waals surface area contributed by atoms with E-state index in [1.54, 1.807) is 12.1 Å². The lowest BCUT2D eigenvalue weighted by atomic mass is 10.1. The van der Waals surface area contributed by atoms with E-state index in [2.05, 4.69) is 20.5 Å². The highest BCUT2D eigenvalue weighted by Crippen LogP contribution is 2.28. The van der Waals surface area contributed by atoms with Crippen molar-refractivity contribution in [3.05, 3.63) is 72.6 Å². The summed E-state index contributed by atoms with van der Waals surface area (Å²) in [5.74, 6) is -0.555. The molecule has 2 aromatic rings. The first-order valence-corrected chi connectivity index (χ1v) is 11.0. The number of alkyl halides is 3. The van der Waals surface area contributed by atoms with E-state index in [0.717, 1.165) is 12.1 Å². The van der Waals surface area contributed by atoms with Gasteiger partial charge in [-0.2, -0.15) is 21.6 Å². The second kappa shape index (κ2) is 8.51. The van der Waals surface area contributed by atoms with Gasteiger partial charge in [0, 0.05) is 18.4 Å². The molecule has 0 saturated heterocycles. The van der Waals surface area contributed by atoms with Crippen LogP contribution in [-0.2, 0) is 20.1 Å². The van der Waals surface area contributed by atoms with Crippen LogP contribution in [0.2, 0.25) is 0 Å². The summed E-state index contributed by atoms with van der Waals surface area (Å²) in [6.45, 7) is 5.05. The number of nitrogens with one attached hydrogen (secondary N) is 1. The van der Waals surface area contributed by atoms with Gasteiger partial charge in [-0.3, -0.25) is 4.98 Å². The molecule has 1 N–H and O–H groups in total. The van der Waals surface area contributed by atoms with Crippen molar-refractivity contribution in [2.75, 3.05) is 0 Å². The summed E-state index contributed by atoms with van der Waals surface area (Å²) in [6, 6.07) is 6.88. The number of nitrogens with zero attached hydrogens (tertiary/aromatic N) is 1. The molecular weight excluding hydrogens is 433 g/mol. The highest BCUT2D eigenvalue weighted by atomic mass is 32.2. The molecule has 0 radical (unpaired) electrons. The summed E-state index contributed by atoms with van der Waals surface area (Å²) < 4.78 is 90.9. The Kier molecular flexibility index (Phi) is 6.71. The van der Waals surface area contributed by atoms with Crippen LogP contribution in [-0.4, -0.2) is 27.3 Å². The van der Waals surface area contributed by atoms with Gasteiger partial charge in [0.15, 0.2) is 0 Å². The third-order valence-electron chi connectivity index (χ3n) is 3.77. The van der Waals surface area contributed by atoms with E-state index >= 15 is 0 Å². The number of hydrogen-bond donors (Lipinski definition) is 1. The van der Waals surface area contributed by atoms with E-state index < -0.39 is 42.7 Å². The van der Waals surface area contributed by atoms with Crippen LogP contribution in [0.5, 0.6) is 5.75 Å². The molecule has 1 aromatic carbocycles. The van der Waals surface area contributed by atoms with Crippen molar-refractivity contribution >= 4 is 20.1 Å². The standard InChI is InChI=1S/C17H17F3N2O5S2/c1-3-16(14-5-4-10-21-11-14)28(23,24)22-12(2)13-6-8-15(9-7-13)27-29(25,26)17(18,19)20/h3-12,16,22H,1H2,2H3/t12-,16?/m1/s1. The Morgan fingerprint density at radius 3 is 2.21 bits per heavy atom. The van der Waals surface area contributed by atoms with Crippen LogP contribution < -0.4 is 8.91 Å². The Morgan fingerprint density at radius 2 is 1.72 bits per heavy atom. The van der Waals surface area contributed by atoms with Gasteiger partial charge in [-0.05, 0) is 36.2 Å². The van der Waals surface area contributed by atoms with Gasteiger partial charge in [-0.1, -0.05) is 24.3 Å². The number of hydrogen-bond acceptors (Lipinski definition) is 6. The molecule has 0 fully saturated rings. The Morgan fingerprint density at radius 1 is 1.10 bits per heavy atom. The number of pyridine rings is 1. The second-order valence-electron chi connectivity index (χ2n) is 5.88. The van der Waals surface area contributed by atoms with Gasteiger partial charge in [0.1, 0.15) is 11.0 Å². The Balaban J connectivity index is 2.16. The first-order chi connectivity index (χ1) is 13.4. The third-order valence-corrected chi connectivity index (χ3v) is 6.57. The normalized spacial score (nSPS) is 14.8. The van der Waals surface area contributed by atoms with Gasteiger partial charge in [-0.15, -0.1) is 6.58 Å². The third kappa shape index (κ3) is 5.55. The Labute approximate surface area is 166 Å². The zero-order chi connectivity index (χ0) is 21.9. The zero-order valence-corrected chi connectivity index (χ0v) is 16.6. The summed E-state index contributed by atoms with van der Waals surface area (Å²) in [5, 5.41) is -1.07. The van der Waals surface area contributed by atoms with E-state index in [1.165, 1.54) is 37.5 Å². The minimum Gasteiger partial charge on any atom is -0.376 e. The van der Waals surface area contributed by atoms with E-state index in [-0.39, 0.29) is 0 Å². The quantitative estimate of drug-likeness (QED) is 0.376. The van der Waals surface area contributed by atoms with Crippen molar-refractivity contribution in [1.82, 2.24) is 9.71 Å². The number of aromatic nitrogens is 1. The van der Waals surface area contributed by atoms with E-state index in [4.69, 9.17) is 0 Å². The second-order valence-corrected chi connectivity index (χ2v) is 9.25. The number of benzene rings is 1. The summed E-state index contributed by atoms with van der Waals surface area (Å²) in [7, 11) is -9.70. The van der Waals surface area contributed by atoms with Gasteiger partial charge in [0.25, 0.3) is 0 Å². The fraction of sp³-hybridized carbons (Fsp3) is 0.235. The van der Waals surface area contributed by atoms with Crippen molar-refractivity contribution in [3.63, 3.8) is 0 Å². The maximum Gasteiger partial charge on any atom is 0.534 e. The van der Waals surface area contributed by atoms with E-state index in [1.807, 2.05) is 0 Å². The molecular formula is C17H17F3N2O5S2. The van der Waals surface area contributed by atoms with Crippen LogP contribution in [0.1, 0.15) is 29.3 Å². The molecule has 7 nitrogen and oxygen atoms in total. The maximum absolute atomic E-state index is 12.7. The van der Waals surface area contributed by atoms with Gasteiger partial charge >= 0.3 is 15.6 Å². The largest absolute Gasteiger partial charge is 0.534 e. The number of halogens is 3. The van der Waals surface area contributed by atoms with Crippen LogP contribution in [0.3, 0.4) is 0 Å². The molecule has 0 aliphatic rings. The number of sulfonamides is 1. The molecule has 1 aromatic heterocycles. The van der Waals surface area contributed by atoms with Crippen molar-refractivity contribution in [1.29, 1.82) is 0 Å². The van der Waals surface area contributed by atoms with E-state index in [9.17, 15) is 30.0 Å². The Bertz CT molecular complexity index is 1050. The maximum atomic E-state index is 12.7. The molecule has 2 atom stereocenters. The number of rotatable bonds is 8. The van der Waals surface area contributed by atoms with Gasteiger partial charge in [0.05, 0.1) is 0 Å². The first kappa shape index (κ1) is 22.8. The smallest absolute Gasteiger partial charge is 0.376 e. The SMILES string of the molecule is C=CC(c1cccnc1)S(=O)(=O)N[C@H](C)c1ccc(OS(=O)(=O)C(F)(F)F)cc1. The minimum absolute atomic E-state index is 0.374. The summed E-state index contributed by atoms with van der Waals surface area (Å²) >= 11 is 0. The zero-order valence-electron chi connectivity index (χ0n) is 15.0. The van der Waals surface area contributed by atoms with Crippen LogP contribution in [0.4, 0.5) is 13.2 Å². The molecule has 0 saturated carbocycles. The molecule has 1 unspecified atom stereocenters. The summed E-state index contributed by atoms with van der Waals surface area (Å²) in [5.41, 5.74) is -4.77. The average molecular weight is 450 g/mol. The fourth-order valence-electron chi connectivity index (χ4n) is 2.36. The van der Waals surface area contributed by atoms with Crippen LogP contribution in [0, 0.1) is 0 Å². The van der Waals surface area contributed by atoms with Crippen molar-refractivity contribution in [3.8, 4) is 5.75 Å². The first-order valence-electron chi connectivity index (χ1n) is 8.02. The highest BCUT2D eigenvalue weighted by molar-refractivity contribution is 7.89. The van der Waals surface area contributed by atoms with Crippen molar-refractivity contribution in [2.24, 2.45) is 0 Å². The molecule has 0 aliphatic carbocycles. The molecule has 0 spiro atoms. The van der Waals surface area contributed by atoms with Crippen LogP contribution >= 0.6 is 0 Å². The monoisotopic (exact) mass is 450 g/mol. The van der Waals surface area contributed by atoms with Crippen LogP contribution in [0.15, 0.2) is 61.4 Å². The predicted molar refractivity (Wildman–Crippen MR) is 99.7 cm³/mol. The van der Waals surface area contributed by atoms with Crippen molar-refractivity contribution < 1.29 is 34.2 Å². The fourth-order valence-corrected chi connectivity index (χ4v) is 4.35. The van der Waals surface area contributed by atoms with Gasteiger partial charge in [-0.25, -0.2) is 13.1 Å². The van der Waals surface area contributed by atoms with Crippen molar-refractivity contribution in [2.45, 2.75) is 23.7 Å². The lowest BCUT2D eigenvalue weighted by Crippen LogP contribution is -2.31. The molecule has 158 valence electrons. The van der Waals surface area contributed by atoms with Gasteiger partial charge in [0.2, 0.25) is 10.0 Å². The summed E-state index contributed by atoms with van der Waals surface area (Å²) in [6.07, 6.45) is 4.13. The molecule has 1 heterocycles. The average Bonchev–Trinajstić information content (AvgIpc) is 2.62. The molecule has 0 amide bonds. The topological polar surface area (TPSA) is 102 Å². The molecule has 0 aliphatic heterocycles. The lowest BCUT2D eigenvalue weighted by Gasteiger charge is -2.19. The molecule has 0 bridgehead atoms. The minimum atomic E-state index is -5.79. The van der Waals surface area contributed by atoms with Gasteiger partial charge < -0.3 is 4.18 Å². The molecule has 29 heavy (non-hydrogen) atoms. The van der Waals surface area contributed by atoms with E-state index in [0.29, 0.717) is 11.1 Å². The summed E-state index contributed by atoms with van der Waals surface area (Å²) in [4.78, 5) is 3.88. The highest BCUT2D eigenvalue weighted by Gasteiger charge is 2.48. The van der Waals surface area contributed by atoms with Crippen LogP contribution in [0.25, 0.3) is 0 Å². The Hall–Kier alpha value is -2.44.